The van der Waals surface area contributed by atoms with Crippen molar-refractivity contribution in [3.63, 3.8) is 0 Å². The Labute approximate surface area is 148 Å². The minimum Gasteiger partial charge on any atom is -0.459 e. The fourth-order valence-electron chi connectivity index (χ4n) is 2.73. The first-order chi connectivity index (χ1) is 11.1. The van der Waals surface area contributed by atoms with Crippen LogP contribution in [0, 0.1) is 11.8 Å². The maximum absolute atomic E-state index is 12.1. The summed E-state index contributed by atoms with van der Waals surface area (Å²) in [4.78, 5) is 24.3. The minimum atomic E-state index is -0.468. The van der Waals surface area contributed by atoms with Crippen LogP contribution >= 0.6 is 0 Å². The Morgan fingerprint density at radius 1 is 0.750 bits per heavy atom. The Balaban J connectivity index is 4.58. The van der Waals surface area contributed by atoms with E-state index in [0.717, 1.165) is 25.7 Å². The first-order valence-corrected chi connectivity index (χ1v) is 9.52. The van der Waals surface area contributed by atoms with Gasteiger partial charge in [-0.1, -0.05) is 41.5 Å². The van der Waals surface area contributed by atoms with Gasteiger partial charge in [-0.3, -0.25) is 9.59 Å². The summed E-state index contributed by atoms with van der Waals surface area (Å²) < 4.78 is 11.3. The monoisotopic (exact) mass is 342 g/mol. The third-order valence-corrected chi connectivity index (χ3v) is 5.94. The van der Waals surface area contributed by atoms with Crippen LogP contribution in [0.1, 0.15) is 93.9 Å². The average molecular weight is 343 g/mol. The third kappa shape index (κ3) is 6.45. The molecule has 0 aliphatic carbocycles. The molecule has 0 radical (unpaired) electrons. The van der Waals surface area contributed by atoms with Gasteiger partial charge in [-0.2, -0.15) is 0 Å². The van der Waals surface area contributed by atoms with Gasteiger partial charge in [0.05, 0.1) is 12.8 Å². The number of esters is 2. The van der Waals surface area contributed by atoms with E-state index in [1.807, 2.05) is 27.7 Å². The summed E-state index contributed by atoms with van der Waals surface area (Å²) >= 11 is 0. The van der Waals surface area contributed by atoms with Gasteiger partial charge >= 0.3 is 11.9 Å². The van der Waals surface area contributed by atoms with E-state index in [-0.39, 0.29) is 36.6 Å². The normalized spacial score (nSPS) is 18.8. The van der Waals surface area contributed by atoms with Crippen LogP contribution in [0.5, 0.6) is 0 Å². The van der Waals surface area contributed by atoms with E-state index >= 15 is 0 Å². The molecule has 0 saturated heterocycles. The molecule has 0 aromatic heterocycles. The molecule has 0 saturated carbocycles. The van der Waals surface area contributed by atoms with Crippen molar-refractivity contribution in [3.8, 4) is 0 Å². The standard InChI is InChI=1S/C20H38O4/c1-9-15(5)19(7,11-3)23-17(21)13-14-18(22)24-20(8,12-4)16(6)10-2/h15-16H,9-14H2,1-8H3. The van der Waals surface area contributed by atoms with Crippen LogP contribution in [0.3, 0.4) is 0 Å². The van der Waals surface area contributed by atoms with Crippen molar-refractivity contribution in [1.82, 2.24) is 0 Å². The van der Waals surface area contributed by atoms with E-state index in [9.17, 15) is 9.59 Å². The van der Waals surface area contributed by atoms with Crippen molar-refractivity contribution in [1.29, 1.82) is 0 Å². The van der Waals surface area contributed by atoms with Crippen LogP contribution in [0.4, 0.5) is 0 Å². The molecule has 0 amide bonds. The number of carbonyl (C=O) groups is 2. The smallest absolute Gasteiger partial charge is 0.306 e. The Kier molecular flexibility index (Phi) is 9.61. The molecule has 0 fully saturated rings. The highest BCUT2D eigenvalue weighted by Gasteiger charge is 2.34. The molecular weight excluding hydrogens is 304 g/mol. The fraction of sp³-hybridized carbons (Fsp3) is 0.900. The van der Waals surface area contributed by atoms with Crippen LogP contribution in [-0.4, -0.2) is 23.1 Å². The fourth-order valence-corrected chi connectivity index (χ4v) is 2.73. The lowest BCUT2D eigenvalue weighted by molar-refractivity contribution is -0.171. The van der Waals surface area contributed by atoms with Gasteiger partial charge in [0.2, 0.25) is 0 Å². The topological polar surface area (TPSA) is 52.6 Å². The first kappa shape index (κ1) is 22.9. The Morgan fingerprint density at radius 2 is 1.04 bits per heavy atom. The summed E-state index contributed by atoms with van der Waals surface area (Å²) in [6, 6.07) is 0. The van der Waals surface area contributed by atoms with Gasteiger partial charge in [0.1, 0.15) is 11.2 Å². The molecule has 4 nitrogen and oxygen atoms in total. The van der Waals surface area contributed by atoms with Crippen LogP contribution in [0.2, 0.25) is 0 Å². The summed E-state index contributed by atoms with van der Waals surface area (Å²) in [5.74, 6) is -0.0731. The van der Waals surface area contributed by atoms with E-state index < -0.39 is 11.2 Å². The zero-order valence-corrected chi connectivity index (χ0v) is 17.0. The number of hydrogen-bond acceptors (Lipinski definition) is 4. The second kappa shape index (κ2) is 10.0. The van der Waals surface area contributed by atoms with Gasteiger partial charge in [0.25, 0.3) is 0 Å². The maximum Gasteiger partial charge on any atom is 0.306 e. The van der Waals surface area contributed by atoms with Crippen LogP contribution in [0.25, 0.3) is 0 Å². The zero-order chi connectivity index (χ0) is 19.0. The van der Waals surface area contributed by atoms with Crippen molar-refractivity contribution in [3.05, 3.63) is 0 Å². The summed E-state index contributed by atoms with van der Waals surface area (Å²) in [6.45, 7) is 16.3. The quantitative estimate of drug-likeness (QED) is 0.479. The highest BCUT2D eigenvalue weighted by atomic mass is 16.6. The lowest BCUT2D eigenvalue weighted by Gasteiger charge is -2.35. The van der Waals surface area contributed by atoms with Crippen molar-refractivity contribution in [2.45, 2.75) is 105 Å². The molecule has 0 aromatic carbocycles. The molecule has 142 valence electrons. The average Bonchev–Trinajstić information content (AvgIpc) is 2.57. The molecule has 0 N–H and O–H groups in total. The number of carbonyl (C=O) groups excluding carboxylic acids is 2. The maximum atomic E-state index is 12.1. The molecule has 4 heteroatoms. The van der Waals surface area contributed by atoms with Crippen molar-refractivity contribution >= 4 is 11.9 Å². The summed E-state index contributed by atoms with van der Waals surface area (Å²) in [6.07, 6.45) is 3.57. The molecule has 0 rings (SSSR count). The second-order valence-corrected chi connectivity index (χ2v) is 7.40. The largest absolute Gasteiger partial charge is 0.459 e. The Hall–Kier alpha value is -1.06. The van der Waals surface area contributed by atoms with E-state index in [4.69, 9.17) is 9.47 Å². The van der Waals surface area contributed by atoms with Crippen molar-refractivity contribution < 1.29 is 19.1 Å². The summed E-state index contributed by atoms with van der Waals surface area (Å²) in [5, 5.41) is 0. The van der Waals surface area contributed by atoms with Gasteiger partial charge in [0, 0.05) is 0 Å². The molecule has 0 aromatic rings. The summed E-state index contributed by atoms with van der Waals surface area (Å²) in [7, 11) is 0. The van der Waals surface area contributed by atoms with E-state index in [1.165, 1.54) is 0 Å². The molecular formula is C20H38O4. The van der Waals surface area contributed by atoms with E-state index in [0.29, 0.717) is 0 Å². The highest BCUT2D eigenvalue weighted by Crippen LogP contribution is 2.30. The van der Waals surface area contributed by atoms with Gasteiger partial charge < -0.3 is 9.47 Å². The van der Waals surface area contributed by atoms with Crippen molar-refractivity contribution in [2.24, 2.45) is 11.8 Å². The van der Waals surface area contributed by atoms with Crippen molar-refractivity contribution in [2.75, 3.05) is 0 Å². The molecule has 4 atom stereocenters. The molecule has 4 unspecified atom stereocenters. The summed E-state index contributed by atoms with van der Waals surface area (Å²) in [5.41, 5.74) is -0.936. The Bertz CT molecular complexity index is 368. The third-order valence-electron chi connectivity index (χ3n) is 5.94. The number of hydrogen-bond donors (Lipinski definition) is 0. The van der Waals surface area contributed by atoms with Gasteiger partial charge in [-0.15, -0.1) is 0 Å². The minimum absolute atomic E-state index is 0.0746. The molecule has 24 heavy (non-hydrogen) atoms. The molecule has 0 aliphatic heterocycles. The van der Waals surface area contributed by atoms with Crippen LogP contribution in [-0.2, 0) is 19.1 Å². The van der Waals surface area contributed by atoms with E-state index in [2.05, 4.69) is 27.7 Å². The van der Waals surface area contributed by atoms with Crippen LogP contribution < -0.4 is 0 Å². The number of rotatable bonds is 11. The predicted octanol–water partition coefficient (Wildman–Crippen LogP) is 5.28. The zero-order valence-electron chi connectivity index (χ0n) is 17.0. The molecule has 0 bridgehead atoms. The van der Waals surface area contributed by atoms with E-state index in [1.54, 1.807) is 0 Å². The number of ether oxygens (including phenoxy) is 2. The lowest BCUT2D eigenvalue weighted by Crippen LogP contribution is -2.39. The first-order valence-electron chi connectivity index (χ1n) is 9.52. The SMILES string of the molecule is CCC(C)C(C)(CC)OC(=O)CCC(=O)OC(C)(CC)C(C)CC. The molecule has 0 heterocycles. The predicted molar refractivity (Wildman–Crippen MR) is 97.7 cm³/mol. The Morgan fingerprint density at radius 3 is 1.25 bits per heavy atom. The molecule has 0 aliphatic rings. The van der Waals surface area contributed by atoms with Gasteiger partial charge in [-0.25, -0.2) is 0 Å². The van der Waals surface area contributed by atoms with Crippen LogP contribution in [0.15, 0.2) is 0 Å². The van der Waals surface area contributed by atoms with Gasteiger partial charge in [-0.05, 0) is 51.4 Å². The molecule has 0 spiro atoms. The van der Waals surface area contributed by atoms with Gasteiger partial charge in [0.15, 0.2) is 0 Å². The lowest BCUT2D eigenvalue weighted by atomic mass is 9.86. The highest BCUT2D eigenvalue weighted by molar-refractivity contribution is 5.78. The second-order valence-electron chi connectivity index (χ2n) is 7.40.